The van der Waals surface area contributed by atoms with Crippen LogP contribution in [-0.4, -0.2) is 13.2 Å². The lowest BCUT2D eigenvalue weighted by Crippen LogP contribution is -1.84. The van der Waals surface area contributed by atoms with E-state index in [4.69, 9.17) is 4.74 Å². The molecule has 0 spiro atoms. The van der Waals surface area contributed by atoms with Gasteiger partial charge in [0.2, 0.25) is 0 Å². The molecule has 0 saturated heterocycles. The van der Waals surface area contributed by atoms with E-state index in [0.717, 1.165) is 13.2 Å². The molecule has 0 bridgehead atoms. The Kier molecular flexibility index (Phi) is 38.7. The predicted molar refractivity (Wildman–Crippen MR) is 86.4 cm³/mol. The van der Waals surface area contributed by atoms with Gasteiger partial charge in [0.15, 0.2) is 0 Å². The Morgan fingerprint density at radius 2 is 0.722 bits per heavy atom. The average Bonchev–Trinajstić information content (AvgIpc) is 2.39. The van der Waals surface area contributed by atoms with Crippen molar-refractivity contribution in [2.24, 2.45) is 0 Å². The van der Waals surface area contributed by atoms with Crippen molar-refractivity contribution < 1.29 is 4.74 Å². The molecule has 0 fully saturated rings. The maximum atomic E-state index is 4.83. The second-order valence-corrected chi connectivity index (χ2v) is 4.55. The van der Waals surface area contributed by atoms with Crippen molar-refractivity contribution >= 4 is 0 Å². The van der Waals surface area contributed by atoms with E-state index in [2.05, 4.69) is 27.7 Å². The molecule has 0 saturated carbocycles. The Morgan fingerprint density at radius 3 is 0.889 bits per heavy atom. The zero-order valence-electron chi connectivity index (χ0n) is 14.2. The third-order valence-corrected chi connectivity index (χ3v) is 2.57. The summed E-state index contributed by atoms with van der Waals surface area (Å²) in [4.78, 5) is 0. The van der Waals surface area contributed by atoms with Gasteiger partial charge in [-0.2, -0.15) is 0 Å². The standard InChI is InChI=1S/C7H16.C6H14.C4H10O/c1-3-5-7-6-4-2;1-3-5-6-4-2;1-3-5-4-2/h3-7H2,1-2H3;3-6H2,1-2H3;3-4H2,1-2H3. The highest BCUT2D eigenvalue weighted by Gasteiger charge is 1.80. The highest BCUT2D eigenvalue weighted by Crippen LogP contribution is 2.00. The van der Waals surface area contributed by atoms with Gasteiger partial charge in [-0.15, -0.1) is 0 Å². The molecule has 0 rings (SSSR count). The minimum Gasteiger partial charge on any atom is -0.382 e. The van der Waals surface area contributed by atoms with Crippen LogP contribution < -0.4 is 0 Å². The van der Waals surface area contributed by atoms with Crippen LogP contribution in [0.3, 0.4) is 0 Å². The summed E-state index contributed by atoms with van der Waals surface area (Å²) in [6.07, 6.45) is 12.5. The van der Waals surface area contributed by atoms with Gasteiger partial charge < -0.3 is 4.74 Å². The summed E-state index contributed by atoms with van der Waals surface area (Å²) in [5, 5.41) is 0. The first-order valence-corrected chi connectivity index (χ1v) is 8.32. The molecule has 0 amide bonds. The molecule has 0 aliphatic rings. The average molecular weight is 261 g/mol. The van der Waals surface area contributed by atoms with Crippen molar-refractivity contribution in [3.8, 4) is 0 Å². The van der Waals surface area contributed by atoms with Crippen LogP contribution in [0.5, 0.6) is 0 Å². The lowest BCUT2D eigenvalue weighted by atomic mass is 10.2. The lowest BCUT2D eigenvalue weighted by Gasteiger charge is -1.90. The molecule has 0 aliphatic carbocycles. The molecule has 0 aromatic carbocycles. The fourth-order valence-electron chi connectivity index (χ4n) is 1.38. The number of hydrogen-bond acceptors (Lipinski definition) is 1. The summed E-state index contributed by atoms with van der Waals surface area (Å²) < 4.78 is 4.83. The Labute approximate surface area is 118 Å². The van der Waals surface area contributed by atoms with E-state index in [-0.39, 0.29) is 0 Å². The topological polar surface area (TPSA) is 9.23 Å². The molecule has 0 unspecified atom stereocenters. The third kappa shape index (κ3) is 44.5. The first-order valence-electron chi connectivity index (χ1n) is 8.32. The zero-order valence-corrected chi connectivity index (χ0v) is 14.2. The summed E-state index contributed by atoms with van der Waals surface area (Å²) in [5.41, 5.74) is 0. The van der Waals surface area contributed by atoms with Gasteiger partial charge in [0.1, 0.15) is 0 Å². The van der Waals surface area contributed by atoms with Gasteiger partial charge in [0.25, 0.3) is 0 Å². The van der Waals surface area contributed by atoms with E-state index in [1.807, 2.05) is 13.8 Å². The molecule has 1 nitrogen and oxygen atoms in total. The molecule has 0 aliphatic heterocycles. The van der Waals surface area contributed by atoms with Crippen molar-refractivity contribution in [3.05, 3.63) is 0 Å². The minimum absolute atomic E-state index is 0.844. The zero-order chi connectivity index (χ0) is 14.5. The maximum absolute atomic E-state index is 4.83. The van der Waals surface area contributed by atoms with Crippen molar-refractivity contribution in [1.29, 1.82) is 0 Å². The van der Waals surface area contributed by atoms with Gasteiger partial charge in [-0.05, 0) is 13.8 Å². The molecule has 0 aromatic heterocycles. The molecule has 114 valence electrons. The van der Waals surface area contributed by atoms with Crippen LogP contribution in [0.4, 0.5) is 0 Å². The number of rotatable bonds is 9. The third-order valence-electron chi connectivity index (χ3n) is 2.57. The van der Waals surface area contributed by atoms with Crippen LogP contribution in [0.2, 0.25) is 0 Å². The summed E-state index contributed by atoms with van der Waals surface area (Å²) in [7, 11) is 0. The second-order valence-electron chi connectivity index (χ2n) is 4.55. The summed E-state index contributed by atoms with van der Waals surface area (Å²) in [6, 6.07) is 0. The fourth-order valence-corrected chi connectivity index (χ4v) is 1.38. The summed E-state index contributed by atoms with van der Waals surface area (Å²) >= 11 is 0. The molecule has 0 radical (unpaired) electrons. The first kappa shape index (κ1) is 23.1. The summed E-state index contributed by atoms with van der Waals surface area (Å²) in [5.74, 6) is 0. The molecular weight excluding hydrogens is 220 g/mol. The van der Waals surface area contributed by atoms with Gasteiger partial charge in [-0.1, -0.05) is 85.5 Å². The minimum atomic E-state index is 0.844. The number of unbranched alkanes of at least 4 members (excludes halogenated alkanes) is 7. The van der Waals surface area contributed by atoms with Crippen LogP contribution in [-0.2, 0) is 4.74 Å². The first-order chi connectivity index (χ1) is 8.74. The highest BCUT2D eigenvalue weighted by molar-refractivity contribution is 4.36. The van der Waals surface area contributed by atoms with Crippen LogP contribution in [0.15, 0.2) is 0 Å². The van der Waals surface area contributed by atoms with E-state index in [0.29, 0.717) is 0 Å². The molecule has 18 heavy (non-hydrogen) atoms. The Hall–Kier alpha value is -0.0400. The largest absolute Gasteiger partial charge is 0.382 e. The Balaban J connectivity index is -0.000000190. The van der Waals surface area contributed by atoms with Crippen LogP contribution in [0.25, 0.3) is 0 Å². The van der Waals surface area contributed by atoms with Crippen molar-refractivity contribution in [3.63, 3.8) is 0 Å². The van der Waals surface area contributed by atoms with Gasteiger partial charge in [-0.3, -0.25) is 0 Å². The smallest absolute Gasteiger partial charge is 0.0437 e. The molecule has 0 aromatic rings. The molecule has 0 heterocycles. The second kappa shape index (κ2) is 30.2. The van der Waals surface area contributed by atoms with E-state index in [1.165, 1.54) is 57.8 Å². The molecule has 0 N–H and O–H groups in total. The molecule has 0 atom stereocenters. The SMILES string of the molecule is CCCCCC.CCCCCCC.CCOCC. The maximum Gasteiger partial charge on any atom is 0.0437 e. The highest BCUT2D eigenvalue weighted by atomic mass is 16.5. The number of ether oxygens (including phenoxy) is 1. The number of hydrogen-bond donors (Lipinski definition) is 0. The van der Waals surface area contributed by atoms with Crippen LogP contribution in [0.1, 0.15) is 99.3 Å². The van der Waals surface area contributed by atoms with E-state index < -0.39 is 0 Å². The quantitative estimate of drug-likeness (QED) is 0.424. The van der Waals surface area contributed by atoms with Crippen LogP contribution >= 0.6 is 0 Å². The lowest BCUT2D eigenvalue weighted by molar-refractivity contribution is 0.162. The van der Waals surface area contributed by atoms with Gasteiger partial charge in [-0.25, -0.2) is 0 Å². The van der Waals surface area contributed by atoms with Crippen molar-refractivity contribution in [2.75, 3.05) is 13.2 Å². The monoisotopic (exact) mass is 260 g/mol. The van der Waals surface area contributed by atoms with Gasteiger partial charge >= 0.3 is 0 Å². The van der Waals surface area contributed by atoms with Gasteiger partial charge in [0.05, 0.1) is 0 Å². The van der Waals surface area contributed by atoms with Gasteiger partial charge in [0, 0.05) is 13.2 Å². The Bertz CT molecular complexity index is 81.6. The molecular formula is C17H40O. The fraction of sp³-hybridized carbons (Fsp3) is 1.00. The van der Waals surface area contributed by atoms with Crippen LogP contribution in [0, 0.1) is 0 Å². The van der Waals surface area contributed by atoms with E-state index >= 15 is 0 Å². The van der Waals surface area contributed by atoms with E-state index in [9.17, 15) is 0 Å². The summed E-state index contributed by atoms with van der Waals surface area (Å²) in [6.45, 7) is 14.6. The van der Waals surface area contributed by atoms with Crippen molar-refractivity contribution in [1.82, 2.24) is 0 Å². The Morgan fingerprint density at radius 1 is 0.444 bits per heavy atom. The normalized spacial score (nSPS) is 9.00. The van der Waals surface area contributed by atoms with Crippen molar-refractivity contribution in [2.45, 2.75) is 99.3 Å². The van der Waals surface area contributed by atoms with E-state index in [1.54, 1.807) is 0 Å². The predicted octanol–water partition coefficient (Wildman–Crippen LogP) is 6.61. The molecule has 1 heteroatoms.